The first kappa shape index (κ1) is 17.3. The van der Waals surface area contributed by atoms with Gasteiger partial charge in [-0.3, -0.25) is 4.79 Å². The fourth-order valence-electron chi connectivity index (χ4n) is 3.10. The van der Waals surface area contributed by atoms with Crippen LogP contribution in [-0.4, -0.2) is 31.6 Å². The van der Waals surface area contributed by atoms with Gasteiger partial charge in [-0.05, 0) is 42.3 Å². The normalized spacial score (nSPS) is 19.3. The van der Waals surface area contributed by atoms with Crippen molar-refractivity contribution >= 4 is 27.1 Å². The number of rotatable bonds is 5. The van der Waals surface area contributed by atoms with E-state index in [-0.39, 0.29) is 17.5 Å². The summed E-state index contributed by atoms with van der Waals surface area (Å²) in [6.45, 7) is 2.73. The summed E-state index contributed by atoms with van der Waals surface area (Å²) >= 11 is 1.45. The van der Waals surface area contributed by atoms with Crippen molar-refractivity contribution in [2.75, 3.05) is 13.1 Å². The second-order valence-corrected chi connectivity index (χ2v) is 9.12. The van der Waals surface area contributed by atoms with Crippen LogP contribution in [0.15, 0.2) is 41.8 Å². The van der Waals surface area contributed by atoms with Gasteiger partial charge in [-0.2, -0.15) is 0 Å². The molecule has 1 aromatic heterocycles. The average molecular weight is 364 g/mol. The highest BCUT2D eigenvalue weighted by molar-refractivity contribution is 7.88. The minimum atomic E-state index is -3.40. The number of nitrogens with zero attached hydrogens (tertiary/aromatic N) is 1. The van der Waals surface area contributed by atoms with E-state index in [9.17, 15) is 13.2 Å². The standard InChI is InChI=1S/C18H21NO3S2/c1-14-9-11-23-18(14)17(20)16-8-5-10-19(12-16)24(21,22)13-15-6-3-2-4-7-15/h2-4,6-7,9,11,16H,5,8,10,12-13H2,1H3/t16-/m0/s1. The maximum absolute atomic E-state index is 12.7. The minimum absolute atomic E-state index is 0.00716. The predicted molar refractivity (Wildman–Crippen MR) is 96.7 cm³/mol. The molecule has 0 saturated carbocycles. The second-order valence-electron chi connectivity index (χ2n) is 6.24. The van der Waals surface area contributed by atoms with Crippen LogP contribution in [0.4, 0.5) is 0 Å². The largest absolute Gasteiger partial charge is 0.293 e. The Morgan fingerprint density at radius 3 is 2.67 bits per heavy atom. The molecule has 0 spiro atoms. The number of Topliss-reactive ketones (excluding diaryl/α,β-unsaturated/α-hetero) is 1. The Kier molecular flexibility index (Phi) is 5.18. The lowest BCUT2D eigenvalue weighted by Gasteiger charge is -2.31. The molecule has 128 valence electrons. The summed E-state index contributed by atoms with van der Waals surface area (Å²) in [5.41, 5.74) is 1.76. The zero-order valence-electron chi connectivity index (χ0n) is 13.6. The van der Waals surface area contributed by atoms with E-state index in [0.29, 0.717) is 13.1 Å². The van der Waals surface area contributed by atoms with Crippen molar-refractivity contribution in [3.8, 4) is 0 Å². The van der Waals surface area contributed by atoms with E-state index in [2.05, 4.69) is 0 Å². The van der Waals surface area contributed by atoms with E-state index < -0.39 is 10.0 Å². The zero-order valence-corrected chi connectivity index (χ0v) is 15.3. The van der Waals surface area contributed by atoms with Crippen molar-refractivity contribution < 1.29 is 13.2 Å². The number of piperidine rings is 1. The molecule has 3 rings (SSSR count). The maximum atomic E-state index is 12.7. The van der Waals surface area contributed by atoms with Crippen molar-refractivity contribution in [2.45, 2.75) is 25.5 Å². The molecular weight excluding hydrogens is 342 g/mol. The second kappa shape index (κ2) is 7.17. The number of hydrogen-bond acceptors (Lipinski definition) is 4. The summed E-state index contributed by atoms with van der Waals surface area (Å²) in [6, 6.07) is 11.1. The molecule has 0 aliphatic carbocycles. The van der Waals surface area contributed by atoms with Crippen LogP contribution < -0.4 is 0 Å². The molecule has 1 aliphatic heterocycles. The number of benzene rings is 1. The van der Waals surface area contributed by atoms with Crippen molar-refractivity contribution in [1.29, 1.82) is 0 Å². The minimum Gasteiger partial charge on any atom is -0.293 e. The van der Waals surface area contributed by atoms with Crippen molar-refractivity contribution in [2.24, 2.45) is 5.92 Å². The number of sulfonamides is 1. The van der Waals surface area contributed by atoms with Gasteiger partial charge in [-0.15, -0.1) is 11.3 Å². The molecule has 1 aromatic carbocycles. The summed E-state index contributed by atoms with van der Waals surface area (Å²) in [5.74, 6) is -0.156. The van der Waals surface area contributed by atoms with Gasteiger partial charge in [0.2, 0.25) is 10.0 Å². The number of ketones is 1. The summed E-state index contributed by atoms with van der Waals surface area (Å²) < 4.78 is 26.9. The Labute approximate surface area is 147 Å². The first-order valence-electron chi connectivity index (χ1n) is 8.07. The summed E-state index contributed by atoms with van der Waals surface area (Å²) in [7, 11) is -3.40. The van der Waals surface area contributed by atoms with Crippen LogP contribution in [0, 0.1) is 12.8 Å². The zero-order chi connectivity index (χ0) is 17.2. The molecule has 4 nitrogen and oxygen atoms in total. The van der Waals surface area contributed by atoms with E-state index in [1.807, 2.05) is 48.7 Å². The fourth-order valence-corrected chi connectivity index (χ4v) is 5.65. The fraction of sp³-hybridized carbons (Fsp3) is 0.389. The molecule has 1 saturated heterocycles. The SMILES string of the molecule is Cc1ccsc1C(=O)[C@H]1CCCN(S(=O)(=O)Cc2ccccc2)C1. The van der Waals surface area contributed by atoms with E-state index >= 15 is 0 Å². The smallest absolute Gasteiger partial charge is 0.218 e. The van der Waals surface area contributed by atoms with E-state index in [4.69, 9.17) is 0 Å². The molecule has 2 heterocycles. The third-order valence-electron chi connectivity index (χ3n) is 4.43. The molecule has 0 N–H and O–H groups in total. The third kappa shape index (κ3) is 3.77. The number of aryl methyl sites for hydroxylation is 1. The quantitative estimate of drug-likeness (QED) is 0.764. The number of thiophene rings is 1. The molecular formula is C18H21NO3S2. The first-order valence-corrected chi connectivity index (χ1v) is 10.6. The molecule has 0 amide bonds. The Bertz CT molecular complexity index is 812. The van der Waals surface area contributed by atoms with Gasteiger partial charge >= 0.3 is 0 Å². The lowest BCUT2D eigenvalue weighted by atomic mass is 9.93. The molecule has 2 aromatic rings. The van der Waals surface area contributed by atoms with Gasteiger partial charge in [0, 0.05) is 19.0 Å². The summed E-state index contributed by atoms with van der Waals surface area (Å²) in [4.78, 5) is 13.5. The molecule has 1 fully saturated rings. The lowest BCUT2D eigenvalue weighted by molar-refractivity contribution is 0.0876. The molecule has 0 radical (unpaired) electrons. The van der Waals surface area contributed by atoms with E-state index in [1.165, 1.54) is 15.6 Å². The van der Waals surface area contributed by atoms with Gasteiger partial charge in [-0.1, -0.05) is 30.3 Å². The van der Waals surface area contributed by atoms with Crippen LogP contribution in [0.2, 0.25) is 0 Å². The average Bonchev–Trinajstić information content (AvgIpc) is 3.01. The van der Waals surface area contributed by atoms with Crippen molar-refractivity contribution in [1.82, 2.24) is 4.31 Å². The van der Waals surface area contributed by atoms with Crippen molar-refractivity contribution in [3.05, 3.63) is 57.8 Å². The first-order chi connectivity index (χ1) is 11.5. The highest BCUT2D eigenvalue weighted by Crippen LogP contribution is 2.27. The monoisotopic (exact) mass is 363 g/mol. The van der Waals surface area contributed by atoms with Crippen LogP contribution in [-0.2, 0) is 15.8 Å². The van der Waals surface area contributed by atoms with Crippen LogP contribution >= 0.6 is 11.3 Å². The Morgan fingerprint density at radius 1 is 1.25 bits per heavy atom. The Morgan fingerprint density at radius 2 is 2.00 bits per heavy atom. The number of carbonyl (C=O) groups is 1. The Balaban J connectivity index is 1.73. The maximum Gasteiger partial charge on any atom is 0.218 e. The van der Waals surface area contributed by atoms with Crippen LogP contribution in [0.5, 0.6) is 0 Å². The molecule has 1 atom stereocenters. The predicted octanol–water partition coefficient (Wildman–Crippen LogP) is 3.48. The number of hydrogen-bond donors (Lipinski definition) is 0. The van der Waals surface area contributed by atoms with Gasteiger partial charge in [0.15, 0.2) is 5.78 Å². The van der Waals surface area contributed by atoms with Gasteiger partial charge in [0.25, 0.3) is 0 Å². The molecule has 0 unspecified atom stereocenters. The van der Waals surface area contributed by atoms with Crippen LogP contribution in [0.1, 0.15) is 33.6 Å². The van der Waals surface area contributed by atoms with Gasteiger partial charge in [0.1, 0.15) is 0 Å². The highest BCUT2D eigenvalue weighted by Gasteiger charge is 2.33. The van der Waals surface area contributed by atoms with Crippen molar-refractivity contribution in [3.63, 3.8) is 0 Å². The third-order valence-corrected chi connectivity index (χ3v) is 7.27. The summed E-state index contributed by atoms with van der Waals surface area (Å²) in [5, 5.41) is 1.91. The van der Waals surface area contributed by atoms with Crippen LogP contribution in [0.25, 0.3) is 0 Å². The highest BCUT2D eigenvalue weighted by atomic mass is 32.2. The van der Waals surface area contributed by atoms with Gasteiger partial charge in [0.05, 0.1) is 10.6 Å². The number of carbonyl (C=O) groups excluding carboxylic acids is 1. The summed E-state index contributed by atoms with van der Waals surface area (Å²) in [6.07, 6.45) is 1.49. The van der Waals surface area contributed by atoms with Crippen LogP contribution in [0.3, 0.4) is 0 Å². The van der Waals surface area contributed by atoms with E-state index in [1.54, 1.807) is 0 Å². The Hall–Kier alpha value is -1.50. The topological polar surface area (TPSA) is 54.5 Å². The molecule has 24 heavy (non-hydrogen) atoms. The lowest BCUT2D eigenvalue weighted by Crippen LogP contribution is -2.42. The van der Waals surface area contributed by atoms with E-state index in [0.717, 1.165) is 28.8 Å². The van der Waals surface area contributed by atoms with Gasteiger partial charge in [-0.25, -0.2) is 12.7 Å². The molecule has 6 heteroatoms. The molecule has 1 aliphatic rings. The molecule has 0 bridgehead atoms. The van der Waals surface area contributed by atoms with Gasteiger partial charge < -0.3 is 0 Å².